The van der Waals surface area contributed by atoms with Crippen molar-refractivity contribution in [2.75, 3.05) is 0 Å². The van der Waals surface area contributed by atoms with E-state index in [0.717, 1.165) is 11.1 Å². The van der Waals surface area contributed by atoms with Crippen molar-refractivity contribution in [3.05, 3.63) is 71.8 Å². The van der Waals surface area contributed by atoms with E-state index in [-0.39, 0.29) is 12.2 Å². The van der Waals surface area contributed by atoms with Crippen LogP contribution in [0.5, 0.6) is 0 Å². The van der Waals surface area contributed by atoms with Crippen LogP contribution in [0, 0.1) is 0 Å². The fraction of sp³-hybridized carbons (Fsp3) is 0.333. The average molecular weight is 353 g/mol. The highest BCUT2D eigenvalue weighted by Gasteiger charge is 2.27. The Labute approximate surface area is 142 Å². The molecule has 0 aromatic heterocycles. The molecule has 2 aromatic rings. The van der Waals surface area contributed by atoms with Crippen LogP contribution >= 0.6 is 18.2 Å². The molecule has 0 N–H and O–H groups in total. The smallest absolute Gasteiger partial charge is 0.294 e. The Bertz CT molecular complexity index is 580. The van der Waals surface area contributed by atoms with Crippen molar-refractivity contribution in [2.24, 2.45) is 0 Å². The van der Waals surface area contributed by atoms with Gasteiger partial charge in [-0.2, -0.15) is 0 Å². The van der Waals surface area contributed by atoms with Crippen molar-refractivity contribution in [3.63, 3.8) is 0 Å². The van der Waals surface area contributed by atoms with Crippen LogP contribution in [0.15, 0.2) is 60.7 Å². The van der Waals surface area contributed by atoms with Gasteiger partial charge < -0.3 is 0 Å². The molecule has 0 spiro atoms. The third-order valence-corrected chi connectivity index (χ3v) is 5.05. The van der Waals surface area contributed by atoms with Gasteiger partial charge >= 0.3 is 6.95 Å². The van der Waals surface area contributed by atoms with Crippen LogP contribution < -0.4 is 0 Å². The lowest BCUT2D eigenvalue weighted by molar-refractivity contribution is 0.138. The van der Waals surface area contributed by atoms with Gasteiger partial charge in [-0.3, -0.25) is 9.05 Å². The molecule has 0 aliphatic carbocycles. The molecule has 124 valence electrons. The first-order chi connectivity index (χ1) is 10.9. The fourth-order valence-corrected chi connectivity index (χ4v) is 4.30. The lowest BCUT2D eigenvalue weighted by atomic mass is 10.1. The molecule has 2 rings (SSSR count). The van der Waals surface area contributed by atoms with E-state index in [1.807, 2.05) is 74.5 Å². The van der Waals surface area contributed by atoms with Gasteiger partial charge in [-0.15, -0.1) is 0 Å². The first-order valence-corrected chi connectivity index (χ1v) is 10.1. The Morgan fingerprint density at radius 2 is 1.17 bits per heavy atom. The highest BCUT2D eigenvalue weighted by molar-refractivity contribution is 7.81. The summed E-state index contributed by atoms with van der Waals surface area (Å²) in [4.78, 5) is 0. The monoisotopic (exact) mass is 352 g/mol. The Hall–Kier alpha value is -1.12. The summed E-state index contributed by atoms with van der Waals surface area (Å²) in [5, 5.41) is 0. The lowest BCUT2D eigenvalue weighted by Crippen LogP contribution is -2.14. The first kappa shape index (κ1) is 18.2. The molecule has 0 aliphatic heterocycles. The minimum Gasteiger partial charge on any atom is -0.294 e. The van der Waals surface area contributed by atoms with Gasteiger partial charge in [0.05, 0.1) is 12.2 Å². The second-order valence-corrected chi connectivity index (χ2v) is 8.17. The lowest BCUT2D eigenvalue weighted by Gasteiger charge is -2.21. The molecule has 0 bridgehead atoms. The Morgan fingerprint density at radius 3 is 1.52 bits per heavy atom. The van der Waals surface area contributed by atoms with Gasteiger partial charge in [-0.1, -0.05) is 60.7 Å². The zero-order valence-electron chi connectivity index (χ0n) is 13.4. The van der Waals surface area contributed by atoms with Crippen molar-refractivity contribution in [3.8, 4) is 0 Å². The molecule has 0 heterocycles. The molecule has 0 aliphatic rings. The third kappa shape index (κ3) is 6.88. The number of hydrogen-bond donors (Lipinski definition) is 0. The van der Waals surface area contributed by atoms with E-state index >= 15 is 0 Å². The van der Waals surface area contributed by atoms with Gasteiger partial charge in [-0.05, 0) is 37.8 Å². The molecule has 0 fully saturated rings. The van der Waals surface area contributed by atoms with Gasteiger partial charge in [0.25, 0.3) is 0 Å². The summed E-state index contributed by atoms with van der Waals surface area (Å²) >= 11 is 5.97. The van der Waals surface area contributed by atoms with Gasteiger partial charge in [0.1, 0.15) is 0 Å². The summed E-state index contributed by atoms with van der Waals surface area (Å²) in [5.74, 6) is 0. The third-order valence-electron chi connectivity index (χ3n) is 3.34. The zero-order valence-corrected chi connectivity index (χ0v) is 15.0. The highest BCUT2D eigenvalue weighted by Crippen LogP contribution is 2.55. The van der Waals surface area contributed by atoms with E-state index in [2.05, 4.69) is 0 Å². The quantitative estimate of drug-likeness (QED) is 0.577. The maximum atomic E-state index is 12.3. The molecule has 2 unspecified atom stereocenters. The maximum absolute atomic E-state index is 12.3. The van der Waals surface area contributed by atoms with Crippen LogP contribution in [0.3, 0.4) is 0 Å². The van der Waals surface area contributed by atoms with Crippen LogP contribution in [-0.2, 0) is 26.5 Å². The summed E-state index contributed by atoms with van der Waals surface area (Å²) in [7, 11) is 0. The van der Waals surface area contributed by atoms with E-state index in [1.165, 1.54) is 0 Å². The van der Waals surface area contributed by atoms with E-state index < -0.39 is 6.95 Å². The van der Waals surface area contributed by atoms with Gasteiger partial charge in [0, 0.05) is 11.2 Å². The molecule has 0 saturated heterocycles. The van der Waals surface area contributed by atoms with Crippen molar-refractivity contribution >= 4 is 18.2 Å². The van der Waals surface area contributed by atoms with Crippen LogP contribution in [0.4, 0.5) is 0 Å². The normalized spacial score (nSPS) is 16.5. The number of hydrogen-bond acceptors (Lipinski definition) is 3. The highest BCUT2D eigenvalue weighted by atomic mass is 35.7. The first-order valence-electron chi connectivity index (χ1n) is 7.69. The van der Waals surface area contributed by atoms with Gasteiger partial charge in [-0.25, -0.2) is 4.57 Å². The Kier molecular flexibility index (Phi) is 6.86. The topological polar surface area (TPSA) is 35.5 Å². The summed E-state index contributed by atoms with van der Waals surface area (Å²) in [6, 6.07) is 19.7. The van der Waals surface area contributed by atoms with Crippen molar-refractivity contribution in [2.45, 2.75) is 38.9 Å². The number of rotatable bonds is 8. The van der Waals surface area contributed by atoms with Crippen LogP contribution in [-0.4, -0.2) is 12.2 Å². The van der Waals surface area contributed by atoms with E-state index in [4.69, 9.17) is 20.3 Å². The summed E-state index contributed by atoms with van der Waals surface area (Å²) in [6.07, 6.45) is 0.691. The number of benzene rings is 2. The fourth-order valence-electron chi connectivity index (χ4n) is 2.42. The maximum Gasteiger partial charge on any atom is 0.424 e. The Morgan fingerprint density at radius 1 is 0.826 bits per heavy atom. The van der Waals surface area contributed by atoms with Crippen LogP contribution in [0.1, 0.15) is 25.0 Å². The molecule has 5 heteroatoms. The average Bonchev–Trinajstić information content (AvgIpc) is 2.47. The molecule has 2 aromatic carbocycles. The van der Waals surface area contributed by atoms with E-state index in [0.29, 0.717) is 12.8 Å². The van der Waals surface area contributed by atoms with Crippen molar-refractivity contribution in [1.29, 1.82) is 0 Å². The molecular weight excluding hydrogens is 331 g/mol. The molecule has 23 heavy (non-hydrogen) atoms. The zero-order chi connectivity index (χ0) is 16.7. The Balaban J connectivity index is 1.84. The standard InChI is InChI=1S/C18H22ClO3P/c1-15(13-17-9-5-3-6-10-17)21-23(19,20)22-16(2)14-18-11-7-4-8-12-18/h3-12,15-16H,13-14H2,1-2H3. The number of halogens is 1. The second kappa shape index (κ2) is 8.65. The largest absolute Gasteiger partial charge is 0.424 e. The second-order valence-electron chi connectivity index (χ2n) is 5.64. The van der Waals surface area contributed by atoms with E-state index in [9.17, 15) is 4.57 Å². The molecule has 0 amide bonds. The van der Waals surface area contributed by atoms with Crippen LogP contribution in [0.25, 0.3) is 0 Å². The molecule has 0 radical (unpaired) electrons. The van der Waals surface area contributed by atoms with E-state index in [1.54, 1.807) is 0 Å². The predicted octanol–water partition coefficient (Wildman–Crippen LogP) is 5.63. The summed E-state index contributed by atoms with van der Waals surface area (Å²) in [5.41, 5.74) is 2.21. The van der Waals surface area contributed by atoms with Crippen molar-refractivity contribution in [1.82, 2.24) is 0 Å². The molecule has 3 nitrogen and oxygen atoms in total. The van der Waals surface area contributed by atoms with Gasteiger partial charge in [0.15, 0.2) is 0 Å². The van der Waals surface area contributed by atoms with Crippen molar-refractivity contribution < 1.29 is 13.6 Å². The molecule has 2 atom stereocenters. The van der Waals surface area contributed by atoms with Gasteiger partial charge in [0.2, 0.25) is 0 Å². The minimum atomic E-state index is -3.61. The van der Waals surface area contributed by atoms with Crippen LogP contribution in [0.2, 0.25) is 0 Å². The minimum absolute atomic E-state index is 0.287. The molecular formula is C18H22ClO3P. The molecule has 0 saturated carbocycles. The summed E-state index contributed by atoms with van der Waals surface area (Å²) < 4.78 is 23.2. The predicted molar refractivity (Wildman–Crippen MR) is 94.8 cm³/mol. The summed E-state index contributed by atoms with van der Waals surface area (Å²) in [6.45, 7) is 0.0746. The SMILES string of the molecule is CC(Cc1ccccc1)OP(=O)(Cl)OC(C)Cc1ccccc1.